The van der Waals surface area contributed by atoms with Crippen LogP contribution in [0.4, 0.5) is 5.69 Å². The van der Waals surface area contributed by atoms with Crippen molar-refractivity contribution in [1.82, 2.24) is 10.3 Å². The molecular formula is C13H19N3O2. The highest BCUT2D eigenvalue weighted by Gasteiger charge is 2.22. The molecule has 0 bridgehead atoms. The highest BCUT2D eigenvalue weighted by atomic mass is 16.5. The molecule has 0 aliphatic carbocycles. The molecule has 18 heavy (non-hydrogen) atoms. The molecule has 1 aliphatic rings. The summed E-state index contributed by atoms with van der Waals surface area (Å²) < 4.78 is 5.47. The van der Waals surface area contributed by atoms with Gasteiger partial charge in [-0.05, 0) is 25.8 Å². The van der Waals surface area contributed by atoms with Crippen LogP contribution in [0.3, 0.4) is 0 Å². The van der Waals surface area contributed by atoms with Gasteiger partial charge < -0.3 is 15.4 Å². The van der Waals surface area contributed by atoms with E-state index >= 15 is 0 Å². The van der Waals surface area contributed by atoms with E-state index in [1.54, 1.807) is 25.5 Å². The van der Waals surface area contributed by atoms with E-state index in [0.29, 0.717) is 12.2 Å². The van der Waals surface area contributed by atoms with E-state index in [1.807, 2.05) is 6.92 Å². The molecule has 1 saturated heterocycles. The van der Waals surface area contributed by atoms with E-state index in [2.05, 4.69) is 15.6 Å². The summed E-state index contributed by atoms with van der Waals surface area (Å²) in [6.45, 7) is 2.74. The zero-order chi connectivity index (χ0) is 13.0. The number of ether oxygens (including phenoxy) is 1. The Morgan fingerprint density at radius 2 is 2.39 bits per heavy atom. The Labute approximate surface area is 107 Å². The zero-order valence-electron chi connectivity index (χ0n) is 10.8. The molecule has 0 saturated carbocycles. The molecule has 0 aromatic carbocycles. The second-order valence-corrected chi connectivity index (χ2v) is 4.55. The van der Waals surface area contributed by atoms with Gasteiger partial charge in [0.05, 0.1) is 23.6 Å². The largest absolute Gasteiger partial charge is 0.386 e. The van der Waals surface area contributed by atoms with Gasteiger partial charge in [-0.3, -0.25) is 9.78 Å². The molecule has 2 heterocycles. The third-order valence-electron chi connectivity index (χ3n) is 3.16. The topological polar surface area (TPSA) is 63.2 Å². The van der Waals surface area contributed by atoms with Crippen molar-refractivity contribution in [2.45, 2.75) is 31.9 Å². The van der Waals surface area contributed by atoms with Gasteiger partial charge in [0.1, 0.15) is 0 Å². The minimum atomic E-state index is -0.0548. The third-order valence-corrected chi connectivity index (χ3v) is 3.16. The number of nitrogens with one attached hydrogen (secondary N) is 2. The maximum Gasteiger partial charge on any atom is 0.253 e. The van der Waals surface area contributed by atoms with E-state index in [-0.39, 0.29) is 18.1 Å². The van der Waals surface area contributed by atoms with Crippen LogP contribution in [-0.4, -0.2) is 36.7 Å². The van der Waals surface area contributed by atoms with Crippen LogP contribution >= 0.6 is 0 Å². The number of rotatable bonds is 3. The van der Waals surface area contributed by atoms with Crippen LogP contribution in [-0.2, 0) is 4.74 Å². The number of aromatic nitrogens is 1. The first kappa shape index (κ1) is 12.8. The van der Waals surface area contributed by atoms with Gasteiger partial charge in [-0.15, -0.1) is 0 Å². The van der Waals surface area contributed by atoms with Crippen molar-refractivity contribution < 1.29 is 9.53 Å². The summed E-state index contributed by atoms with van der Waals surface area (Å²) in [5.41, 5.74) is 1.38. The van der Waals surface area contributed by atoms with Crippen LogP contribution in [0.25, 0.3) is 0 Å². The first-order chi connectivity index (χ1) is 8.70. The molecule has 1 aromatic rings. The second kappa shape index (κ2) is 5.82. The summed E-state index contributed by atoms with van der Waals surface area (Å²) >= 11 is 0. The zero-order valence-corrected chi connectivity index (χ0v) is 10.8. The van der Waals surface area contributed by atoms with Gasteiger partial charge in [0.25, 0.3) is 5.91 Å². The molecule has 1 fully saturated rings. The van der Waals surface area contributed by atoms with Gasteiger partial charge in [-0.1, -0.05) is 0 Å². The summed E-state index contributed by atoms with van der Waals surface area (Å²) in [5, 5.41) is 6.03. The summed E-state index contributed by atoms with van der Waals surface area (Å²) in [5.74, 6) is -0.0548. The van der Waals surface area contributed by atoms with Crippen LogP contribution in [0.1, 0.15) is 30.1 Å². The van der Waals surface area contributed by atoms with Crippen LogP contribution in [0.15, 0.2) is 18.5 Å². The molecule has 98 valence electrons. The van der Waals surface area contributed by atoms with Gasteiger partial charge in [0.2, 0.25) is 0 Å². The summed E-state index contributed by atoms with van der Waals surface area (Å²) in [6.07, 6.45) is 5.23. The fourth-order valence-corrected chi connectivity index (χ4v) is 2.18. The fourth-order valence-electron chi connectivity index (χ4n) is 2.18. The van der Waals surface area contributed by atoms with Gasteiger partial charge in [-0.2, -0.15) is 0 Å². The molecule has 1 amide bonds. The molecule has 2 atom stereocenters. The molecule has 1 aromatic heterocycles. The van der Waals surface area contributed by atoms with E-state index in [1.165, 1.54) is 0 Å². The Morgan fingerprint density at radius 3 is 3.11 bits per heavy atom. The average molecular weight is 249 g/mol. The molecule has 5 nitrogen and oxygen atoms in total. The molecule has 0 radical (unpaired) electrons. The first-order valence-electron chi connectivity index (χ1n) is 6.25. The number of hydrogen-bond acceptors (Lipinski definition) is 4. The fraction of sp³-hybridized carbons (Fsp3) is 0.538. The Balaban J connectivity index is 2.03. The van der Waals surface area contributed by atoms with Crippen molar-refractivity contribution >= 4 is 11.6 Å². The van der Waals surface area contributed by atoms with Crippen molar-refractivity contribution in [3.05, 3.63) is 24.0 Å². The van der Waals surface area contributed by atoms with Gasteiger partial charge in [-0.25, -0.2) is 0 Å². The van der Waals surface area contributed by atoms with Crippen LogP contribution in [0, 0.1) is 0 Å². The number of pyridine rings is 1. The lowest BCUT2D eigenvalue weighted by atomic mass is 10.0. The van der Waals surface area contributed by atoms with Crippen molar-refractivity contribution in [2.75, 3.05) is 19.0 Å². The van der Waals surface area contributed by atoms with Crippen molar-refractivity contribution in [3.63, 3.8) is 0 Å². The molecule has 2 N–H and O–H groups in total. The number of carbonyl (C=O) groups is 1. The van der Waals surface area contributed by atoms with E-state index in [9.17, 15) is 4.79 Å². The summed E-state index contributed by atoms with van der Waals surface area (Å²) in [4.78, 5) is 16.2. The van der Waals surface area contributed by atoms with E-state index in [0.717, 1.165) is 18.5 Å². The maximum absolute atomic E-state index is 12.2. The lowest BCUT2D eigenvalue weighted by Gasteiger charge is -2.28. The number of carbonyl (C=O) groups excluding carboxylic acids is 1. The number of nitrogens with zero attached hydrogens (tertiary/aromatic N) is 1. The molecule has 5 heteroatoms. The number of anilines is 1. The predicted molar refractivity (Wildman–Crippen MR) is 69.7 cm³/mol. The number of hydrogen-bond donors (Lipinski definition) is 2. The van der Waals surface area contributed by atoms with Crippen molar-refractivity contribution in [2.24, 2.45) is 0 Å². The standard InChI is InChI=1S/C13H19N3O2/c1-9-7-10(4-6-18-9)16-13(17)11-3-5-15-8-12(11)14-2/h3,5,8-10,14H,4,6-7H2,1-2H3,(H,16,17). The van der Waals surface area contributed by atoms with Crippen molar-refractivity contribution in [3.8, 4) is 0 Å². The summed E-state index contributed by atoms with van der Waals surface area (Å²) in [6, 6.07) is 1.92. The highest BCUT2D eigenvalue weighted by Crippen LogP contribution is 2.16. The Hall–Kier alpha value is -1.62. The Bertz CT molecular complexity index is 422. The lowest BCUT2D eigenvalue weighted by Crippen LogP contribution is -2.41. The van der Waals surface area contributed by atoms with Crippen LogP contribution < -0.4 is 10.6 Å². The second-order valence-electron chi connectivity index (χ2n) is 4.55. The molecule has 0 spiro atoms. The maximum atomic E-state index is 12.2. The summed E-state index contributed by atoms with van der Waals surface area (Å²) in [7, 11) is 1.78. The highest BCUT2D eigenvalue weighted by molar-refractivity contribution is 5.99. The van der Waals surface area contributed by atoms with Crippen molar-refractivity contribution in [1.29, 1.82) is 0 Å². The third kappa shape index (κ3) is 2.98. The molecule has 2 rings (SSSR count). The Kier molecular flexibility index (Phi) is 4.15. The minimum Gasteiger partial charge on any atom is -0.386 e. The monoisotopic (exact) mass is 249 g/mol. The SMILES string of the molecule is CNc1cnccc1C(=O)NC1CCOC(C)C1. The smallest absolute Gasteiger partial charge is 0.253 e. The van der Waals surface area contributed by atoms with Gasteiger partial charge >= 0.3 is 0 Å². The predicted octanol–water partition coefficient (Wildman–Crippen LogP) is 1.42. The normalized spacial score (nSPS) is 23.4. The number of amides is 1. The average Bonchev–Trinajstić information content (AvgIpc) is 2.38. The van der Waals surface area contributed by atoms with Gasteiger partial charge in [0.15, 0.2) is 0 Å². The molecular weight excluding hydrogens is 230 g/mol. The minimum absolute atomic E-state index is 0.0548. The van der Waals surface area contributed by atoms with E-state index < -0.39 is 0 Å². The molecule has 2 unspecified atom stereocenters. The van der Waals surface area contributed by atoms with Crippen LogP contribution in [0.2, 0.25) is 0 Å². The Morgan fingerprint density at radius 1 is 1.56 bits per heavy atom. The van der Waals surface area contributed by atoms with Gasteiger partial charge in [0, 0.05) is 25.9 Å². The molecule has 1 aliphatic heterocycles. The first-order valence-corrected chi connectivity index (χ1v) is 6.25. The van der Waals surface area contributed by atoms with Crippen LogP contribution in [0.5, 0.6) is 0 Å². The lowest BCUT2D eigenvalue weighted by molar-refractivity contribution is 0.0137. The van der Waals surface area contributed by atoms with E-state index in [4.69, 9.17) is 4.74 Å². The quantitative estimate of drug-likeness (QED) is 0.850.